The van der Waals surface area contributed by atoms with Crippen molar-refractivity contribution in [3.05, 3.63) is 472 Å². The minimum atomic E-state index is -3.99. The van der Waals surface area contributed by atoms with Crippen molar-refractivity contribution < 1.29 is 39.5 Å². The monoisotopic (exact) mass is 1940 g/mol. The summed E-state index contributed by atoms with van der Waals surface area (Å²) >= 11 is 0. The van der Waals surface area contributed by atoms with Gasteiger partial charge < -0.3 is 28.9 Å². The molecule has 143 heavy (non-hydrogen) atoms. The number of pyridine rings is 3. The molecule has 12 aromatic carbocycles. The standard InChI is InChI=1S/2C45H37N5O3S.C26H23N5O3S/c2*51-54(52,41-19-11-4-12-20-41)49-33-43(42-29-35(30-46-44(42)49)34-21-23-40(24-22-34)48-25-27-53-28-26-48)36-31-47-50(32-36)45(37-13-5-1-6-14-37,38-15-7-2-8-16-38)39-17-9-3-10-18-39;32-35(33,23-4-2-1-3-5-23)31-18-25(21-16-28-29-17-21)24-14-20(15-27-26(24)31)19-6-8-22(9-7-19)30-10-12-34-13-11-30/h2*1-24,29-33H,25-28H2;1-9,14-18H,10-13H2,(H,28,29). The maximum Gasteiger partial charge on any atom is 0.269 e. The minimum Gasteiger partial charge on any atom is -0.378 e. The van der Waals surface area contributed by atoms with Crippen molar-refractivity contribution >= 4 is 80.2 Å². The second-order valence-electron chi connectivity index (χ2n) is 35.1. The number of nitrogens with zero attached hydrogens (tertiary/aromatic N) is 14. The fourth-order valence-electron chi connectivity index (χ4n) is 19.7. The summed E-state index contributed by atoms with van der Waals surface area (Å²) in [5.41, 5.74) is 19.2. The van der Waals surface area contributed by atoms with E-state index in [0.29, 0.717) is 65.3 Å². The number of morpholine rings is 3. The van der Waals surface area contributed by atoms with Crippen LogP contribution in [0.15, 0.2) is 453 Å². The number of aromatic nitrogens is 12. The number of benzene rings is 12. The fourth-order valence-corrected chi connectivity index (χ4v) is 23.7. The van der Waals surface area contributed by atoms with E-state index < -0.39 is 41.1 Å². The van der Waals surface area contributed by atoms with Crippen LogP contribution >= 0.6 is 0 Å². The molecule has 9 aromatic heterocycles. The summed E-state index contributed by atoms with van der Waals surface area (Å²) in [6.45, 7) is 9.52. The van der Waals surface area contributed by atoms with Crippen LogP contribution in [0.4, 0.5) is 17.1 Å². The molecule has 3 fully saturated rings. The lowest BCUT2D eigenvalue weighted by Gasteiger charge is -2.36. The number of hydrogen-bond donors (Lipinski definition) is 1. The van der Waals surface area contributed by atoms with Gasteiger partial charge in [0.2, 0.25) is 0 Å². The summed E-state index contributed by atoms with van der Waals surface area (Å²) in [5.74, 6) is 0. The maximum absolute atomic E-state index is 14.2. The maximum atomic E-state index is 14.2. The van der Waals surface area contributed by atoms with E-state index in [1.54, 1.807) is 141 Å². The van der Waals surface area contributed by atoms with Crippen LogP contribution in [0.2, 0.25) is 0 Å². The molecule has 0 atom stereocenters. The van der Waals surface area contributed by atoms with E-state index in [0.717, 1.165) is 164 Å². The van der Waals surface area contributed by atoms with Gasteiger partial charge >= 0.3 is 0 Å². The zero-order valence-corrected chi connectivity index (χ0v) is 80.2. The molecule has 1 N–H and O–H groups in total. The smallest absolute Gasteiger partial charge is 0.269 e. The molecular weight excluding hydrogens is 1840 g/mol. The van der Waals surface area contributed by atoms with E-state index in [1.165, 1.54) is 11.9 Å². The first-order chi connectivity index (χ1) is 70.2. The highest BCUT2D eigenvalue weighted by molar-refractivity contribution is 7.90. The van der Waals surface area contributed by atoms with E-state index in [9.17, 15) is 25.3 Å². The number of nitrogens with one attached hydrogen (secondary N) is 1. The van der Waals surface area contributed by atoms with E-state index >= 15 is 0 Å². The molecule has 0 spiro atoms. The summed E-state index contributed by atoms with van der Waals surface area (Å²) in [6.07, 6.45) is 21.3. The number of aromatic amines is 1. The second kappa shape index (κ2) is 39.6. The molecule has 12 heterocycles. The largest absolute Gasteiger partial charge is 0.378 e. The molecule has 0 bridgehead atoms. The summed E-state index contributed by atoms with van der Waals surface area (Å²) in [4.78, 5) is 21.8. The molecule has 0 unspecified atom stereocenters. The summed E-state index contributed by atoms with van der Waals surface area (Å²) < 4.78 is 108. The molecule has 24 rings (SSSR count). The van der Waals surface area contributed by atoms with Crippen molar-refractivity contribution in [3.63, 3.8) is 0 Å². The highest BCUT2D eigenvalue weighted by Crippen LogP contribution is 2.47. The number of anilines is 3. The molecule has 0 aliphatic carbocycles. The van der Waals surface area contributed by atoms with Crippen LogP contribution in [-0.2, 0) is 55.4 Å². The number of H-pyrrole nitrogens is 1. The Hall–Kier alpha value is -16.5. The molecule has 0 saturated carbocycles. The van der Waals surface area contributed by atoms with Gasteiger partial charge in [0, 0.05) is 178 Å². The topological polar surface area (TPSA) is 258 Å². The Labute approximate surface area is 828 Å². The van der Waals surface area contributed by atoms with Gasteiger partial charge in [-0.2, -0.15) is 15.3 Å². The molecule has 708 valence electrons. The van der Waals surface area contributed by atoms with E-state index in [-0.39, 0.29) is 14.7 Å². The average molecular weight is 1940 g/mol. The Morgan fingerprint density at radius 2 is 0.497 bits per heavy atom. The number of hydrogen-bond acceptors (Lipinski definition) is 18. The van der Waals surface area contributed by atoms with Gasteiger partial charge in [-0.25, -0.2) is 52.1 Å². The molecule has 21 aromatic rings. The number of rotatable bonds is 23. The highest BCUT2D eigenvalue weighted by Gasteiger charge is 2.42. The predicted molar refractivity (Wildman–Crippen MR) is 561 cm³/mol. The Bertz CT molecular complexity index is 7820. The van der Waals surface area contributed by atoms with E-state index in [1.807, 2.05) is 162 Å². The Balaban J connectivity index is 0.000000126. The first-order valence-corrected chi connectivity index (χ1v) is 51.7. The molecule has 0 radical (unpaired) electrons. The lowest BCUT2D eigenvalue weighted by atomic mass is 9.77. The predicted octanol–water partition coefficient (Wildman–Crippen LogP) is 21.1. The molecule has 0 amide bonds. The minimum absolute atomic E-state index is 0.185. The number of fused-ring (bicyclic) bond motifs is 3. The van der Waals surface area contributed by atoms with Gasteiger partial charge in [0.15, 0.2) is 16.9 Å². The Kier molecular flexibility index (Phi) is 25.4. The van der Waals surface area contributed by atoms with E-state index in [4.69, 9.17) is 34.4 Å². The van der Waals surface area contributed by atoms with Crippen LogP contribution < -0.4 is 14.7 Å². The second-order valence-corrected chi connectivity index (χ2v) is 40.6. The molecule has 24 nitrogen and oxygen atoms in total. The van der Waals surface area contributed by atoms with Crippen molar-refractivity contribution in [3.8, 4) is 66.8 Å². The van der Waals surface area contributed by atoms with E-state index in [2.05, 4.69) is 175 Å². The highest BCUT2D eigenvalue weighted by atomic mass is 32.2. The van der Waals surface area contributed by atoms with Gasteiger partial charge in [-0.15, -0.1) is 0 Å². The van der Waals surface area contributed by atoms with Crippen LogP contribution in [0.1, 0.15) is 33.4 Å². The lowest BCUT2D eigenvalue weighted by Crippen LogP contribution is -2.38. The first-order valence-electron chi connectivity index (χ1n) is 47.4. The van der Waals surface area contributed by atoms with Gasteiger partial charge in [0.05, 0.1) is 72.9 Å². The van der Waals surface area contributed by atoms with Crippen molar-refractivity contribution in [2.75, 3.05) is 93.6 Å². The van der Waals surface area contributed by atoms with Crippen LogP contribution in [-0.4, -0.2) is 161 Å². The van der Waals surface area contributed by atoms with Crippen molar-refractivity contribution in [2.24, 2.45) is 0 Å². The molecule has 3 aliphatic heterocycles. The normalized spacial score (nSPS) is 13.9. The Morgan fingerprint density at radius 1 is 0.252 bits per heavy atom. The summed E-state index contributed by atoms with van der Waals surface area (Å²) in [5, 5.41) is 19.2. The van der Waals surface area contributed by atoms with Crippen molar-refractivity contribution in [1.29, 1.82) is 0 Å². The van der Waals surface area contributed by atoms with Crippen LogP contribution in [0.5, 0.6) is 0 Å². The quantitative estimate of drug-likeness (QED) is 0.0584. The van der Waals surface area contributed by atoms with Crippen LogP contribution in [0.3, 0.4) is 0 Å². The average Bonchev–Trinajstić information content (AvgIpc) is 1.68. The van der Waals surface area contributed by atoms with Crippen LogP contribution in [0.25, 0.3) is 99.9 Å². The van der Waals surface area contributed by atoms with Crippen molar-refractivity contribution in [2.45, 2.75) is 25.8 Å². The third kappa shape index (κ3) is 17.6. The van der Waals surface area contributed by atoms with Gasteiger partial charge in [-0.1, -0.05) is 273 Å². The lowest BCUT2D eigenvalue weighted by molar-refractivity contribution is 0.122. The van der Waals surface area contributed by atoms with Crippen LogP contribution in [0, 0.1) is 0 Å². The molecule has 27 heteroatoms. The van der Waals surface area contributed by atoms with Gasteiger partial charge in [-0.05, 0) is 141 Å². The third-order valence-electron chi connectivity index (χ3n) is 26.9. The SMILES string of the molecule is O=S(=O)(c1ccccc1)n1cc(-c2cn[nH]c2)c2cc(-c3ccc(N4CCOCC4)cc3)cnc21.O=S(=O)(c1ccccc1)n1cc(-c2cnn(C(c3ccccc3)(c3ccccc3)c3ccccc3)c2)c2cc(-c3ccc(N4CCOCC4)cc3)cnc21.O=S(=O)(c1ccccc1)n1cc(-c2cnn(C(c3ccccc3)(c3ccccc3)c3ccccc3)c2)c2cc(-c3ccc(N4CCOCC4)cc3)cnc21. The van der Waals surface area contributed by atoms with Gasteiger partial charge in [0.1, 0.15) is 11.1 Å². The fraction of sp³-hybridized carbons (Fsp3) is 0.121. The molecular formula is C116H97N15O9S3. The molecule has 3 saturated heterocycles. The third-order valence-corrected chi connectivity index (χ3v) is 31.9. The molecule has 3 aliphatic rings. The first kappa shape index (κ1) is 91.6. The summed E-state index contributed by atoms with van der Waals surface area (Å²) in [6, 6.07) is 119. The zero-order valence-electron chi connectivity index (χ0n) is 77.7. The van der Waals surface area contributed by atoms with Gasteiger partial charge in [0.25, 0.3) is 30.1 Å². The van der Waals surface area contributed by atoms with Gasteiger partial charge in [-0.3, -0.25) is 14.5 Å². The Morgan fingerprint density at radius 3 is 0.741 bits per heavy atom. The number of ether oxygens (including phenoxy) is 3. The zero-order chi connectivity index (χ0) is 96.9. The summed E-state index contributed by atoms with van der Waals surface area (Å²) in [7, 11) is -11.8. The van der Waals surface area contributed by atoms with Crippen molar-refractivity contribution in [1.82, 2.24) is 56.6 Å².